The number of para-hydroxylation sites is 3. The second kappa shape index (κ2) is 10.6. The first-order valence-electron chi connectivity index (χ1n) is 13.5. The Hall–Kier alpha value is -5.25. The first-order chi connectivity index (χ1) is 20.7. The summed E-state index contributed by atoms with van der Waals surface area (Å²) in [4.78, 5) is 10.00. The number of benzene rings is 5. The zero-order chi connectivity index (χ0) is 28.6. The van der Waals surface area contributed by atoms with Crippen LogP contribution in [0.25, 0.3) is 33.3 Å². The van der Waals surface area contributed by atoms with E-state index >= 15 is 0 Å². The molecule has 7 rings (SSSR count). The predicted octanol–water partition coefficient (Wildman–Crippen LogP) is 9.39. The predicted molar refractivity (Wildman–Crippen MR) is 169 cm³/mol. The number of rotatable bonds is 5. The maximum absolute atomic E-state index is 9.37. The molecule has 0 fully saturated rings. The number of hydrogen-bond acceptors (Lipinski definition) is 6. The summed E-state index contributed by atoms with van der Waals surface area (Å²) in [6, 6.07) is 41.2. The molecule has 0 atom stereocenters. The average Bonchev–Trinajstić information content (AvgIpc) is 3.06. The summed E-state index contributed by atoms with van der Waals surface area (Å²) in [5.74, 6) is 1.33. The lowest BCUT2D eigenvalue weighted by atomic mass is 9.96. The van der Waals surface area contributed by atoms with E-state index in [0.29, 0.717) is 17.1 Å². The number of hydrogen-bond donors (Lipinski definition) is 0. The molecular weight excluding hydrogens is 538 g/mol. The van der Waals surface area contributed by atoms with Crippen LogP contribution in [0.3, 0.4) is 0 Å². The van der Waals surface area contributed by atoms with Crippen LogP contribution in [0.5, 0.6) is 11.5 Å². The molecule has 5 aromatic carbocycles. The molecule has 202 valence electrons. The number of aromatic nitrogens is 1. The first-order valence-corrected chi connectivity index (χ1v) is 14.3. The van der Waals surface area contributed by atoms with Crippen molar-refractivity contribution in [2.75, 3.05) is 19.1 Å². The van der Waals surface area contributed by atoms with E-state index in [2.05, 4.69) is 83.8 Å². The lowest BCUT2D eigenvalue weighted by Crippen LogP contribution is -2.15. The Morgan fingerprint density at radius 2 is 1.31 bits per heavy atom. The van der Waals surface area contributed by atoms with E-state index in [0.717, 1.165) is 50.3 Å². The van der Waals surface area contributed by atoms with Gasteiger partial charge in [-0.2, -0.15) is 5.26 Å². The van der Waals surface area contributed by atoms with Gasteiger partial charge < -0.3 is 14.4 Å². The van der Waals surface area contributed by atoms with E-state index in [-0.39, 0.29) is 0 Å². The van der Waals surface area contributed by atoms with Gasteiger partial charge in [-0.1, -0.05) is 66.4 Å². The van der Waals surface area contributed by atoms with Gasteiger partial charge in [0.1, 0.15) is 0 Å². The Morgan fingerprint density at radius 3 is 1.98 bits per heavy atom. The number of ether oxygens (including phenoxy) is 2. The topological polar surface area (TPSA) is 58.4 Å². The minimum Gasteiger partial charge on any atom is -0.493 e. The minimum atomic E-state index is 0.611. The maximum Gasteiger partial charge on any atom is 0.161 e. The lowest BCUT2D eigenvalue weighted by molar-refractivity contribution is 0.355. The highest BCUT2D eigenvalue weighted by molar-refractivity contribution is 7.99. The molecule has 0 saturated carbocycles. The molecule has 0 amide bonds. The molecule has 0 unspecified atom stereocenters. The minimum absolute atomic E-state index is 0.611. The maximum atomic E-state index is 9.37. The number of methoxy groups -OCH3 is 2. The summed E-state index contributed by atoms with van der Waals surface area (Å²) in [6.45, 7) is 0. The van der Waals surface area contributed by atoms with E-state index in [4.69, 9.17) is 14.5 Å². The smallest absolute Gasteiger partial charge is 0.161 e. The van der Waals surface area contributed by atoms with E-state index in [1.54, 1.807) is 26.0 Å². The molecular formula is C36H25N3O2S. The molecule has 42 heavy (non-hydrogen) atoms. The number of nitrogens with zero attached hydrogens (tertiary/aromatic N) is 3. The van der Waals surface area contributed by atoms with Crippen molar-refractivity contribution in [3.63, 3.8) is 0 Å². The Morgan fingerprint density at radius 1 is 0.667 bits per heavy atom. The highest BCUT2D eigenvalue weighted by Crippen LogP contribution is 2.52. The van der Waals surface area contributed by atoms with Gasteiger partial charge >= 0.3 is 0 Å². The average molecular weight is 564 g/mol. The van der Waals surface area contributed by atoms with Crippen molar-refractivity contribution in [2.45, 2.75) is 9.79 Å². The molecule has 6 heteroatoms. The number of pyridine rings is 1. The fourth-order valence-corrected chi connectivity index (χ4v) is 6.54. The number of nitriles is 1. The van der Waals surface area contributed by atoms with Crippen molar-refractivity contribution in [3.8, 4) is 40.0 Å². The van der Waals surface area contributed by atoms with Crippen molar-refractivity contribution in [1.82, 2.24) is 4.98 Å². The van der Waals surface area contributed by atoms with Gasteiger partial charge in [0, 0.05) is 20.7 Å². The second-order valence-electron chi connectivity index (χ2n) is 9.86. The summed E-state index contributed by atoms with van der Waals surface area (Å²) < 4.78 is 11.2. The summed E-state index contributed by atoms with van der Waals surface area (Å²) in [5, 5.41) is 10.4. The van der Waals surface area contributed by atoms with E-state index in [1.165, 1.54) is 9.79 Å². The van der Waals surface area contributed by atoms with Crippen LogP contribution in [-0.2, 0) is 0 Å². The largest absolute Gasteiger partial charge is 0.493 e. The van der Waals surface area contributed by atoms with Gasteiger partial charge in [0.15, 0.2) is 11.5 Å². The van der Waals surface area contributed by atoms with Crippen molar-refractivity contribution >= 4 is 39.7 Å². The van der Waals surface area contributed by atoms with Gasteiger partial charge in [0.25, 0.3) is 0 Å². The molecule has 0 spiro atoms. The quantitative estimate of drug-likeness (QED) is 0.208. The normalized spacial score (nSPS) is 11.9. The van der Waals surface area contributed by atoms with Gasteiger partial charge in [-0.3, -0.25) is 0 Å². The fourth-order valence-electron chi connectivity index (χ4n) is 5.48. The third-order valence-corrected chi connectivity index (χ3v) is 8.63. The van der Waals surface area contributed by atoms with Crippen LogP contribution < -0.4 is 14.4 Å². The number of fused-ring (bicyclic) bond motifs is 3. The molecule has 6 aromatic rings. The van der Waals surface area contributed by atoms with E-state index in [1.807, 2.05) is 42.5 Å². The SMILES string of the molecule is COc1ccc(-c2cc(-c3ccc(C#N)cc3)nc3c(N4c5ccccc5Sc5ccccc54)cccc23)cc1OC. The van der Waals surface area contributed by atoms with E-state index < -0.39 is 0 Å². The van der Waals surface area contributed by atoms with Crippen LogP contribution in [0.1, 0.15) is 5.56 Å². The monoisotopic (exact) mass is 563 g/mol. The number of anilines is 3. The molecule has 1 aliphatic heterocycles. The fraction of sp³-hybridized carbons (Fsp3) is 0.0556. The van der Waals surface area contributed by atoms with Crippen LogP contribution in [0.4, 0.5) is 17.1 Å². The van der Waals surface area contributed by atoms with Crippen molar-refractivity contribution < 1.29 is 9.47 Å². The Balaban J connectivity index is 1.53. The third kappa shape index (κ3) is 4.32. The van der Waals surface area contributed by atoms with Crippen LogP contribution in [0.2, 0.25) is 0 Å². The van der Waals surface area contributed by atoms with Crippen LogP contribution >= 0.6 is 11.8 Å². The van der Waals surface area contributed by atoms with E-state index in [9.17, 15) is 5.26 Å². The van der Waals surface area contributed by atoms with Gasteiger partial charge in [-0.25, -0.2) is 4.98 Å². The highest BCUT2D eigenvalue weighted by Gasteiger charge is 2.26. The van der Waals surface area contributed by atoms with Crippen molar-refractivity contribution in [1.29, 1.82) is 5.26 Å². The Kier molecular flexibility index (Phi) is 6.50. The zero-order valence-electron chi connectivity index (χ0n) is 23.0. The summed E-state index contributed by atoms with van der Waals surface area (Å²) >= 11 is 1.78. The van der Waals surface area contributed by atoms with Crippen molar-refractivity contribution in [3.05, 3.63) is 121 Å². The lowest BCUT2D eigenvalue weighted by Gasteiger charge is -2.33. The standard InChI is InChI=1S/C36H25N3O2S/c1-40-32-19-18-25(20-33(32)41-2)27-21-28(24-16-14-23(22-37)15-17-24)38-36-26(27)8-7-11-31(36)39-29-9-3-5-12-34(29)42-35-13-6-4-10-30(35)39/h3-21H,1-2H3. The van der Waals surface area contributed by atoms with Crippen LogP contribution in [0.15, 0.2) is 125 Å². The Labute approximate surface area is 248 Å². The Bertz CT molecular complexity index is 1970. The van der Waals surface area contributed by atoms with Gasteiger partial charge in [-0.05, 0) is 71.8 Å². The molecule has 1 aliphatic rings. The summed E-state index contributed by atoms with van der Waals surface area (Å²) in [7, 11) is 3.29. The third-order valence-electron chi connectivity index (χ3n) is 7.50. The summed E-state index contributed by atoms with van der Waals surface area (Å²) in [6.07, 6.45) is 0. The summed E-state index contributed by atoms with van der Waals surface area (Å²) in [5.41, 5.74) is 8.47. The van der Waals surface area contributed by atoms with Crippen LogP contribution in [0, 0.1) is 11.3 Å². The molecule has 1 aromatic heterocycles. The second-order valence-corrected chi connectivity index (χ2v) is 10.9. The molecule has 2 heterocycles. The van der Waals surface area contributed by atoms with Crippen LogP contribution in [-0.4, -0.2) is 19.2 Å². The van der Waals surface area contributed by atoms with Gasteiger partial charge in [0.05, 0.1) is 54.1 Å². The molecule has 0 radical (unpaired) electrons. The molecule has 0 saturated heterocycles. The molecule has 0 aliphatic carbocycles. The van der Waals surface area contributed by atoms with Gasteiger partial charge in [-0.15, -0.1) is 0 Å². The molecule has 0 bridgehead atoms. The highest BCUT2D eigenvalue weighted by atomic mass is 32.2. The molecule has 0 N–H and O–H groups in total. The van der Waals surface area contributed by atoms with Crippen molar-refractivity contribution in [2.24, 2.45) is 0 Å². The van der Waals surface area contributed by atoms with Gasteiger partial charge in [0.2, 0.25) is 0 Å². The molecule has 5 nitrogen and oxygen atoms in total. The first kappa shape index (κ1) is 25.7. The zero-order valence-corrected chi connectivity index (χ0v) is 23.9.